The van der Waals surface area contributed by atoms with Crippen LogP contribution in [-0.2, 0) is 23.8 Å². The highest BCUT2D eigenvalue weighted by molar-refractivity contribution is 5.95. The summed E-state index contributed by atoms with van der Waals surface area (Å²) in [6.45, 7) is 0. The molecule has 3 N–H and O–H groups in total. The van der Waals surface area contributed by atoms with Gasteiger partial charge in [-0.3, -0.25) is 9.59 Å². The maximum absolute atomic E-state index is 14.2. The third-order valence-electron chi connectivity index (χ3n) is 5.93. The average Bonchev–Trinajstić information content (AvgIpc) is 2.87. The highest BCUT2D eigenvalue weighted by atomic mass is 19.4. The van der Waals surface area contributed by atoms with Gasteiger partial charge in [-0.1, -0.05) is 30.3 Å². The minimum Gasteiger partial charge on any atom is -0.454 e. The van der Waals surface area contributed by atoms with Gasteiger partial charge in [0.15, 0.2) is 22.7 Å². The van der Waals surface area contributed by atoms with Crippen LogP contribution in [0.3, 0.4) is 0 Å². The minimum atomic E-state index is -4.64. The van der Waals surface area contributed by atoms with Crippen LogP contribution in [0.1, 0.15) is 16.7 Å². The Balaban J connectivity index is 1.45. The van der Waals surface area contributed by atoms with E-state index in [-0.39, 0.29) is 34.7 Å². The van der Waals surface area contributed by atoms with E-state index in [9.17, 15) is 27.2 Å². The third kappa shape index (κ3) is 4.90. The maximum Gasteiger partial charge on any atom is 0.416 e. The SMILES string of the molecule is Nc1nc2c(Oc3ccc(CC(=O)Cc4cc(C(F)(F)F)ccc4F)c4ccccc34)ccnc2[nH]c1=O. The summed E-state index contributed by atoms with van der Waals surface area (Å²) < 4.78 is 59.3. The number of aromatic nitrogens is 3. The number of Topliss-reactive ketones (excluding diaryl/α,β-unsaturated/α-hetero) is 1. The van der Waals surface area contributed by atoms with Crippen molar-refractivity contribution in [2.24, 2.45) is 0 Å². The number of hydrogen-bond donors (Lipinski definition) is 2. The molecular weight excluding hydrogens is 504 g/mol. The molecule has 0 amide bonds. The Morgan fingerprint density at radius 3 is 2.45 bits per heavy atom. The molecule has 2 heterocycles. The standard InChI is InChI=1S/C27H18F4N4O3/c28-20-7-6-16(27(29,30)31)11-15(20)13-17(36)12-14-5-8-21(19-4-2-1-3-18(14)19)38-22-9-10-33-25-23(22)34-24(32)26(37)35-25/h1-11H,12-13H2,(H2,32,34)(H,33,35,37). The van der Waals surface area contributed by atoms with E-state index in [0.29, 0.717) is 40.3 Å². The Hall–Kier alpha value is -4.80. The predicted octanol–water partition coefficient (Wildman–Crippen LogP) is 5.36. The van der Waals surface area contributed by atoms with Crippen molar-refractivity contribution in [1.29, 1.82) is 0 Å². The molecule has 2 aromatic heterocycles. The lowest BCUT2D eigenvalue weighted by Crippen LogP contribution is -2.14. The molecule has 0 radical (unpaired) electrons. The van der Waals surface area contributed by atoms with Gasteiger partial charge >= 0.3 is 6.18 Å². The van der Waals surface area contributed by atoms with Crippen LogP contribution in [0.15, 0.2) is 71.7 Å². The topological polar surface area (TPSA) is 111 Å². The first kappa shape index (κ1) is 24.9. The number of aromatic amines is 1. The first-order valence-electron chi connectivity index (χ1n) is 11.3. The van der Waals surface area contributed by atoms with Crippen molar-refractivity contribution in [3.8, 4) is 11.5 Å². The molecule has 0 aliphatic heterocycles. The first-order valence-corrected chi connectivity index (χ1v) is 11.3. The Labute approximate surface area is 211 Å². The van der Waals surface area contributed by atoms with Gasteiger partial charge in [0.05, 0.1) is 5.56 Å². The van der Waals surface area contributed by atoms with Gasteiger partial charge in [0.25, 0.3) is 5.56 Å². The van der Waals surface area contributed by atoms with Crippen molar-refractivity contribution in [1.82, 2.24) is 15.0 Å². The van der Waals surface area contributed by atoms with Crippen molar-refractivity contribution in [2.45, 2.75) is 19.0 Å². The zero-order valence-electron chi connectivity index (χ0n) is 19.5. The van der Waals surface area contributed by atoms with E-state index in [2.05, 4.69) is 15.0 Å². The number of pyridine rings is 1. The highest BCUT2D eigenvalue weighted by Gasteiger charge is 2.31. The molecule has 11 heteroatoms. The molecule has 0 aliphatic carbocycles. The van der Waals surface area contributed by atoms with Crippen LogP contribution in [0.2, 0.25) is 0 Å². The van der Waals surface area contributed by atoms with Gasteiger partial charge in [0.1, 0.15) is 17.3 Å². The zero-order valence-corrected chi connectivity index (χ0v) is 19.5. The smallest absolute Gasteiger partial charge is 0.416 e. The average molecular weight is 522 g/mol. The second-order valence-electron chi connectivity index (χ2n) is 8.52. The van der Waals surface area contributed by atoms with Gasteiger partial charge in [0, 0.05) is 30.5 Å². The van der Waals surface area contributed by atoms with Gasteiger partial charge in [0.2, 0.25) is 0 Å². The fraction of sp³-hybridized carbons (Fsp3) is 0.111. The van der Waals surface area contributed by atoms with Gasteiger partial charge in [-0.25, -0.2) is 14.4 Å². The number of nitrogens with zero attached hydrogens (tertiary/aromatic N) is 2. The number of benzene rings is 3. The number of anilines is 1. The molecule has 192 valence electrons. The molecule has 0 bridgehead atoms. The lowest BCUT2D eigenvalue weighted by atomic mass is 9.96. The van der Waals surface area contributed by atoms with Crippen LogP contribution < -0.4 is 16.0 Å². The van der Waals surface area contributed by atoms with E-state index in [1.807, 2.05) is 0 Å². The number of rotatable bonds is 6. The first-order chi connectivity index (χ1) is 18.1. The van der Waals surface area contributed by atoms with E-state index in [1.54, 1.807) is 42.5 Å². The number of halogens is 4. The maximum atomic E-state index is 14.2. The van der Waals surface area contributed by atoms with E-state index < -0.39 is 35.3 Å². The molecule has 0 unspecified atom stereocenters. The Bertz CT molecular complexity index is 1770. The molecule has 0 atom stereocenters. The normalized spacial score (nSPS) is 11.7. The summed E-state index contributed by atoms with van der Waals surface area (Å²) in [4.78, 5) is 35.2. The third-order valence-corrected chi connectivity index (χ3v) is 5.93. The number of alkyl halides is 3. The van der Waals surface area contributed by atoms with Crippen LogP contribution in [-0.4, -0.2) is 20.7 Å². The van der Waals surface area contributed by atoms with Crippen molar-refractivity contribution >= 4 is 33.5 Å². The number of ketones is 1. The molecule has 3 aromatic carbocycles. The van der Waals surface area contributed by atoms with Gasteiger partial charge < -0.3 is 15.5 Å². The monoisotopic (exact) mass is 522 g/mol. The number of carbonyl (C=O) groups excluding carboxylic acids is 1. The molecular formula is C27H18F4N4O3. The highest BCUT2D eigenvalue weighted by Crippen LogP contribution is 2.35. The van der Waals surface area contributed by atoms with Crippen LogP contribution in [0.25, 0.3) is 21.9 Å². The molecule has 0 saturated heterocycles. The Morgan fingerprint density at radius 1 is 0.947 bits per heavy atom. The number of nitrogen functional groups attached to an aromatic ring is 1. The van der Waals surface area contributed by atoms with Gasteiger partial charge in [-0.15, -0.1) is 0 Å². The number of fused-ring (bicyclic) bond motifs is 2. The number of carbonyl (C=O) groups is 1. The number of ether oxygens (including phenoxy) is 1. The molecule has 7 nitrogen and oxygen atoms in total. The summed E-state index contributed by atoms with van der Waals surface area (Å²) in [5.74, 6) is -0.871. The molecule has 5 rings (SSSR count). The quantitative estimate of drug-likeness (QED) is 0.291. The van der Waals surface area contributed by atoms with E-state index >= 15 is 0 Å². The fourth-order valence-corrected chi connectivity index (χ4v) is 4.13. The van der Waals surface area contributed by atoms with E-state index in [0.717, 1.165) is 0 Å². The molecule has 0 fully saturated rings. The van der Waals surface area contributed by atoms with E-state index in [4.69, 9.17) is 10.5 Å². The molecule has 0 aliphatic rings. The number of nitrogens with two attached hydrogens (primary N) is 1. The Morgan fingerprint density at radius 2 is 1.68 bits per heavy atom. The second kappa shape index (κ2) is 9.58. The molecule has 5 aromatic rings. The van der Waals surface area contributed by atoms with Crippen molar-refractivity contribution in [3.05, 3.63) is 99.7 Å². The van der Waals surface area contributed by atoms with E-state index in [1.165, 1.54) is 6.20 Å². The summed E-state index contributed by atoms with van der Waals surface area (Å²) in [5, 5.41) is 1.31. The number of nitrogens with one attached hydrogen (secondary N) is 1. The summed E-state index contributed by atoms with van der Waals surface area (Å²) in [7, 11) is 0. The molecule has 0 saturated carbocycles. The summed E-state index contributed by atoms with van der Waals surface area (Å²) in [6.07, 6.45) is -3.83. The van der Waals surface area contributed by atoms with Crippen LogP contribution in [0, 0.1) is 5.82 Å². The minimum absolute atomic E-state index is 0.131. The van der Waals surface area contributed by atoms with Crippen LogP contribution in [0.5, 0.6) is 11.5 Å². The lowest BCUT2D eigenvalue weighted by molar-refractivity contribution is -0.137. The van der Waals surface area contributed by atoms with Crippen molar-refractivity contribution in [3.63, 3.8) is 0 Å². The molecule has 0 spiro atoms. The summed E-state index contributed by atoms with van der Waals surface area (Å²) in [5.41, 5.74) is 4.77. The molecule has 38 heavy (non-hydrogen) atoms. The summed E-state index contributed by atoms with van der Waals surface area (Å²) >= 11 is 0. The van der Waals surface area contributed by atoms with Crippen LogP contribution in [0.4, 0.5) is 23.4 Å². The number of hydrogen-bond acceptors (Lipinski definition) is 6. The van der Waals surface area contributed by atoms with Gasteiger partial charge in [-0.2, -0.15) is 13.2 Å². The van der Waals surface area contributed by atoms with Crippen molar-refractivity contribution < 1.29 is 27.1 Å². The van der Waals surface area contributed by atoms with Gasteiger partial charge in [-0.05, 0) is 40.8 Å². The van der Waals surface area contributed by atoms with Crippen molar-refractivity contribution in [2.75, 3.05) is 5.73 Å². The Kier molecular flexibility index (Phi) is 6.27. The number of H-pyrrole nitrogens is 1. The zero-order chi connectivity index (χ0) is 27.0. The lowest BCUT2D eigenvalue weighted by Gasteiger charge is -2.13. The van der Waals surface area contributed by atoms with Crippen LogP contribution >= 0.6 is 0 Å². The predicted molar refractivity (Wildman–Crippen MR) is 132 cm³/mol. The largest absolute Gasteiger partial charge is 0.454 e. The summed E-state index contributed by atoms with van der Waals surface area (Å²) in [6, 6.07) is 14.0. The second-order valence-corrected chi connectivity index (χ2v) is 8.52. The fourth-order valence-electron chi connectivity index (χ4n) is 4.13.